The number of likely N-dealkylation sites (tertiary alicyclic amines) is 1. The maximum absolute atomic E-state index is 14.5. The second-order valence-corrected chi connectivity index (χ2v) is 8.81. The lowest BCUT2D eigenvalue weighted by molar-refractivity contribution is 0.160. The van der Waals surface area contributed by atoms with Gasteiger partial charge >= 0.3 is 0 Å². The fourth-order valence-electron chi connectivity index (χ4n) is 4.10. The molecule has 0 atom stereocenters. The second-order valence-electron chi connectivity index (χ2n) is 8.81. The first-order valence-electron chi connectivity index (χ1n) is 11.7. The molecule has 1 saturated heterocycles. The average Bonchev–Trinajstić information content (AvgIpc) is 3.25. The molecule has 1 aromatic carbocycles. The largest absolute Gasteiger partial charge is 0.492 e. The minimum absolute atomic E-state index is 0.181. The van der Waals surface area contributed by atoms with Gasteiger partial charge in [-0.1, -0.05) is 13.8 Å². The van der Waals surface area contributed by atoms with Crippen molar-refractivity contribution in [1.29, 1.82) is 0 Å². The van der Waals surface area contributed by atoms with Gasteiger partial charge in [0.25, 0.3) is 0 Å². The van der Waals surface area contributed by atoms with Crippen molar-refractivity contribution in [3.63, 3.8) is 0 Å². The smallest absolute Gasteiger partial charge is 0.231 e. The summed E-state index contributed by atoms with van der Waals surface area (Å²) >= 11 is 0. The number of hydrogen-bond acceptors (Lipinski definition) is 6. The standard InChI is InChI=1S/C25H33FN6O/c1-5-20-14-21(16-22(15-20)33-13-12-31-9-6-18(2)7-10-31)30(4)25-28-17-23(26)24(29-25)32-11-8-27-19(32)3/h8,11,14-18H,5-7,9-10,12-13H2,1-4H3. The first-order valence-corrected chi connectivity index (χ1v) is 11.7. The Morgan fingerprint density at radius 3 is 2.67 bits per heavy atom. The SMILES string of the molecule is CCc1cc(OCCN2CCC(C)CC2)cc(N(C)c2ncc(F)c(-n3ccnc3C)n2)c1. The predicted molar refractivity (Wildman–Crippen MR) is 128 cm³/mol. The highest BCUT2D eigenvalue weighted by molar-refractivity contribution is 5.60. The van der Waals surface area contributed by atoms with Crippen LogP contribution in [-0.2, 0) is 6.42 Å². The minimum Gasteiger partial charge on any atom is -0.492 e. The predicted octanol–water partition coefficient (Wildman–Crippen LogP) is 4.55. The Bertz CT molecular complexity index is 1080. The van der Waals surface area contributed by atoms with Crippen molar-refractivity contribution in [3.05, 3.63) is 54.0 Å². The van der Waals surface area contributed by atoms with Crippen molar-refractivity contribution in [3.8, 4) is 11.6 Å². The summed E-state index contributed by atoms with van der Waals surface area (Å²) < 4.78 is 22.2. The Labute approximate surface area is 195 Å². The number of aromatic nitrogens is 4. The molecule has 4 rings (SSSR count). The number of anilines is 2. The summed E-state index contributed by atoms with van der Waals surface area (Å²) in [4.78, 5) is 17.2. The van der Waals surface area contributed by atoms with E-state index in [1.165, 1.54) is 19.0 Å². The van der Waals surface area contributed by atoms with E-state index in [2.05, 4.69) is 45.8 Å². The molecule has 0 saturated carbocycles. The maximum atomic E-state index is 14.5. The van der Waals surface area contributed by atoms with Gasteiger partial charge in [-0.15, -0.1) is 0 Å². The Balaban J connectivity index is 1.50. The van der Waals surface area contributed by atoms with Crippen LogP contribution in [0.15, 0.2) is 36.8 Å². The van der Waals surface area contributed by atoms with Gasteiger partial charge in [-0.25, -0.2) is 14.4 Å². The lowest BCUT2D eigenvalue weighted by Gasteiger charge is -2.30. The number of ether oxygens (including phenoxy) is 1. The first-order chi connectivity index (χ1) is 15.9. The third-order valence-corrected chi connectivity index (χ3v) is 6.37. The Morgan fingerprint density at radius 1 is 1.18 bits per heavy atom. The minimum atomic E-state index is -0.494. The fourth-order valence-corrected chi connectivity index (χ4v) is 4.10. The average molecular weight is 453 g/mol. The zero-order valence-corrected chi connectivity index (χ0v) is 20.0. The van der Waals surface area contributed by atoms with Crippen LogP contribution in [0.1, 0.15) is 38.1 Å². The van der Waals surface area contributed by atoms with Crippen molar-refractivity contribution < 1.29 is 9.13 Å². The van der Waals surface area contributed by atoms with Gasteiger partial charge in [-0.2, -0.15) is 4.98 Å². The van der Waals surface area contributed by atoms with E-state index in [9.17, 15) is 4.39 Å². The van der Waals surface area contributed by atoms with Crippen LogP contribution in [0.5, 0.6) is 5.75 Å². The number of halogens is 1. The highest BCUT2D eigenvalue weighted by Crippen LogP contribution is 2.28. The zero-order chi connectivity index (χ0) is 23.4. The molecule has 8 heteroatoms. The van der Waals surface area contributed by atoms with Crippen molar-refractivity contribution in [2.45, 2.75) is 40.0 Å². The Kier molecular flexibility index (Phi) is 7.23. The first kappa shape index (κ1) is 23.2. The quantitative estimate of drug-likeness (QED) is 0.500. The van der Waals surface area contributed by atoms with Gasteiger partial charge in [-0.3, -0.25) is 9.47 Å². The van der Waals surface area contributed by atoms with Crippen molar-refractivity contribution in [1.82, 2.24) is 24.4 Å². The molecule has 0 radical (unpaired) electrons. The van der Waals surface area contributed by atoms with Crippen LogP contribution in [0.2, 0.25) is 0 Å². The van der Waals surface area contributed by atoms with Gasteiger partial charge in [0.15, 0.2) is 11.6 Å². The van der Waals surface area contributed by atoms with Gasteiger partial charge < -0.3 is 9.64 Å². The highest BCUT2D eigenvalue weighted by Gasteiger charge is 2.17. The van der Waals surface area contributed by atoms with E-state index in [4.69, 9.17) is 4.74 Å². The number of nitrogens with zero attached hydrogens (tertiary/aromatic N) is 6. The van der Waals surface area contributed by atoms with Crippen LogP contribution in [0, 0.1) is 18.7 Å². The summed E-state index contributed by atoms with van der Waals surface area (Å²) in [5.74, 6) is 2.41. The number of aryl methyl sites for hydroxylation is 2. The molecular formula is C25H33FN6O. The Hall–Kier alpha value is -3.00. The van der Waals surface area contributed by atoms with Crippen LogP contribution < -0.4 is 9.64 Å². The molecule has 1 aliphatic heterocycles. The summed E-state index contributed by atoms with van der Waals surface area (Å²) in [5.41, 5.74) is 2.06. The monoisotopic (exact) mass is 452 g/mol. The van der Waals surface area contributed by atoms with Gasteiger partial charge in [-0.05, 0) is 62.9 Å². The number of imidazole rings is 1. The molecule has 0 unspecified atom stereocenters. The fraction of sp³-hybridized carbons (Fsp3) is 0.480. The van der Waals surface area contributed by atoms with Crippen LogP contribution in [-0.4, -0.2) is 57.7 Å². The van der Waals surface area contributed by atoms with Gasteiger partial charge in [0.05, 0.1) is 6.20 Å². The topological polar surface area (TPSA) is 59.3 Å². The summed E-state index contributed by atoms with van der Waals surface area (Å²) in [7, 11) is 1.88. The summed E-state index contributed by atoms with van der Waals surface area (Å²) in [6.45, 7) is 10.1. The summed E-state index contributed by atoms with van der Waals surface area (Å²) in [5, 5.41) is 0. The van der Waals surface area contributed by atoms with Gasteiger partial charge in [0, 0.05) is 37.7 Å². The van der Waals surface area contributed by atoms with Crippen molar-refractivity contribution in [2.24, 2.45) is 5.92 Å². The molecule has 2 aromatic heterocycles. The third-order valence-electron chi connectivity index (χ3n) is 6.37. The summed E-state index contributed by atoms with van der Waals surface area (Å²) in [6.07, 6.45) is 7.92. The molecule has 3 heterocycles. The van der Waals surface area contributed by atoms with Crippen molar-refractivity contribution in [2.75, 3.05) is 38.2 Å². The molecule has 0 bridgehead atoms. The molecule has 0 amide bonds. The molecule has 3 aromatic rings. The third kappa shape index (κ3) is 5.50. The van der Waals surface area contributed by atoms with Gasteiger partial charge in [0.1, 0.15) is 18.2 Å². The highest BCUT2D eigenvalue weighted by atomic mass is 19.1. The van der Waals surface area contributed by atoms with E-state index in [0.717, 1.165) is 49.0 Å². The normalized spacial score (nSPS) is 15.1. The lowest BCUT2D eigenvalue weighted by Crippen LogP contribution is -2.35. The van der Waals surface area contributed by atoms with Gasteiger partial charge in [0.2, 0.25) is 5.95 Å². The molecule has 7 nitrogen and oxygen atoms in total. The molecule has 1 aliphatic rings. The van der Waals surface area contributed by atoms with E-state index in [1.54, 1.807) is 17.0 Å². The number of benzene rings is 1. The van der Waals surface area contributed by atoms with Crippen LogP contribution in [0.25, 0.3) is 5.82 Å². The zero-order valence-electron chi connectivity index (χ0n) is 20.0. The van der Waals surface area contributed by atoms with Crippen molar-refractivity contribution >= 4 is 11.6 Å². The Morgan fingerprint density at radius 2 is 1.97 bits per heavy atom. The van der Waals surface area contributed by atoms with E-state index in [-0.39, 0.29) is 5.82 Å². The lowest BCUT2D eigenvalue weighted by atomic mass is 9.99. The van der Waals surface area contributed by atoms with Crippen LogP contribution in [0.3, 0.4) is 0 Å². The maximum Gasteiger partial charge on any atom is 0.231 e. The molecule has 0 N–H and O–H groups in total. The molecule has 176 valence electrons. The second kappa shape index (κ2) is 10.3. The molecular weight excluding hydrogens is 419 g/mol. The van der Waals surface area contributed by atoms with E-state index >= 15 is 0 Å². The molecule has 1 fully saturated rings. The number of hydrogen-bond donors (Lipinski definition) is 0. The molecule has 0 aliphatic carbocycles. The van der Waals surface area contributed by atoms with E-state index < -0.39 is 5.82 Å². The molecule has 0 spiro atoms. The van der Waals surface area contributed by atoms with E-state index in [0.29, 0.717) is 18.4 Å². The molecule has 33 heavy (non-hydrogen) atoms. The van der Waals surface area contributed by atoms with Crippen LogP contribution >= 0.6 is 0 Å². The van der Waals surface area contributed by atoms with Crippen LogP contribution in [0.4, 0.5) is 16.0 Å². The number of piperidine rings is 1. The summed E-state index contributed by atoms with van der Waals surface area (Å²) in [6, 6.07) is 6.17. The van der Waals surface area contributed by atoms with E-state index in [1.807, 2.05) is 24.9 Å². The number of rotatable bonds is 8.